The SMILES string of the molecule is Cc1ccc(NC(=O)Cn2c(C(F)(F)F)nc3ccccc32)cc1S(=O)(=O)N1CCOCC1. The summed E-state index contributed by atoms with van der Waals surface area (Å²) in [7, 11) is -3.82. The van der Waals surface area contributed by atoms with E-state index >= 15 is 0 Å². The number of ether oxygens (including phenoxy) is 1. The minimum atomic E-state index is -4.75. The van der Waals surface area contributed by atoms with Gasteiger partial charge in [0.25, 0.3) is 0 Å². The number of alkyl halides is 3. The van der Waals surface area contributed by atoms with Crippen molar-refractivity contribution in [1.29, 1.82) is 0 Å². The molecule has 1 N–H and O–H groups in total. The first-order valence-electron chi connectivity index (χ1n) is 10.1. The van der Waals surface area contributed by atoms with Gasteiger partial charge in [0, 0.05) is 18.8 Å². The van der Waals surface area contributed by atoms with Gasteiger partial charge < -0.3 is 14.6 Å². The number of nitrogens with one attached hydrogen (secondary N) is 1. The molecule has 2 heterocycles. The summed E-state index contributed by atoms with van der Waals surface area (Å²) in [5, 5.41) is 2.50. The van der Waals surface area contributed by atoms with Gasteiger partial charge in [0.15, 0.2) is 0 Å². The Morgan fingerprint density at radius 2 is 1.85 bits per heavy atom. The number of rotatable bonds is 5. The predicted octanol–water partition coefficient (Wildman–Crippen LogP) is 3.02. The molecule has 3 aromatic rings. The van der Waals surface area contributed by atoms with Crippen LogP contribution in [0.1, 0.15) is 11.4 Å². The molecule has 0 radical (unpaired) electrons. The third-order valence-corrected chi connectivity index (χ3v) is 7.31. The Hall–Kier alpha value is -2.96. The average Bonchev–Trinajstić information content (AvgIpc) is 3.14. The molecule has 8 nitrogen and oxygen atoms in total. The van der Waals surface area contributed by atoms with Crippen LogP contribution in [-0.2, 0) is 32.3 Å². The maximum Gasteiger partial charge on any atom is 0.449 e. The van der Waals surface area contributed by atoms with Crippen LogP contribution in [-0.4, -0.2) is 54.5 Å². The van der Waals surface area contributed by atoms with Gasteiger partial charge in [-0.2, -0.15) is 17.5 Å². The van der Waals surface area contributed by atoms with E-state index in [9.17, 15) is 26.4 Å². The van der Waals surface area contributed by atoms with Crippen LogP contribution in [0.4, 0.5) is 18.9 Å². The second-order valence-corrected chi connectivity index (χ2v) is 9.46. The van der Waals surface area contributed by atoms with Crippen LogP contribution < -0.4 is 5.32 Å². The maximum atomic E-state index is 13.5. The highest BCUT2D eigenvalue weighted by Crippen LogP contribution is 2.31. The number of aryl methyl sites for hydroxylation is 1. The fourth-order valence-corrected chi connectivity index (χ4v) is 5.34. The number of imidazole rings is 1. The Labute approximate surface area is 188 Å². The summed E-state index contributed by atoms with van der Waals surface area (Å²) in [5.41, 5.74) is 0.932. The molecule has 2 aromatic carbocycles. The maximum absolute atomic E-state index is 13.5. The standard InChI is InChI=1S/C21H21F3N4O4S/c1-14-6-7-15(12-18(14)33(30,31)27-8-10-32-11-9-27)25-19(29)13-28-17-5-3-2-4-16(17)26-20(28)21(22,23)24/h2-7,12H,8-11,13H2,1H3,(H,25,29). The Morgan fingerprint density at radius 3 is 2.55 bits per heavy atom. The summed E-state index contributed by atoms with van der Waals surface area (Å²) in [6.07, 6.45) is -4.75. The predicted molar refractivity (Wildman–Crippen MR) is 114 cm³/mol. The van der Waals surface area contributed by atoms with Gasteiger partial charge in [0.05, 0.1) is 29.1 Å². The van der Waals surface area contributed by atoms with E-state index in [1.807, 2.05) is 0 Å². The summed E-state index contributed by atoms with van der Waals surface area (Å²) in [6, 6.07) is 10.4. The fourth-order valence-electron chi connectivity index (χ4n) is 3.68. The molecule has 0 aliphatic carbocycles. The van der Waals surface area contributed by atoms with E-state index in [1.54, 1.807) is 19.1 Å². The van der Waals surface area contributed by atoms with Crippen molar-refractivity contribution in [3.05, 3.63) is 53.9 Å². The van der Waals surface area contributed by atoms with Gasteiger partial charge in [-0.3, -0.25) is 4.79 Å². The molecule has 0 spiro atoms. The summed E-state index contributed by atoms with van der Waals surface area (Å²) >= 11 is 0. The molecular weight excluding hydrogens is 461 g/mol. The van der Waals surface area contributed by atoms with Crippen LogP contribution in [0, 0.1) is 6.92 Å². The highest BCUT2D eigenvalue weighted by atomic mass is 32.2. The molecule has 1 fully saturated rings. The summed E-state index contributed by atoms with van der Waals surface area (Å²) in [5.74, 6) is -1.93. The van der Waals surface area contributed by atoms with E-state index < -0.39 is 34.5 Å². The zero-order chi connectivity index (χ0) is 23.8. The lowest BCUT2D eigenvalue weighted by atomic mass is 10.2. The molecule has 1 aliphatic rings. The Balaban J connectivity index is 1.60. The lowest BCUT2D eigenvalue weighted by Crippen LogP contribution is -2.40. The number of aromatic nitrogens is 2. The number of anilines is 1. The van der Waals surface area contributed by atoms with Crippen molar-refractivity contribution in [2.45, 2.75) is 24.5 Å². The third-order valence-electron chi connectivity index (χ3n) is 5.27. The van der Waals surface area contributed by atoms with Gasteiger partial charge in [0.1, 0.15) is 6.54 Å². The number of para-hydroxylation sites is 2. The first kappa shape index (κ1) is 23.2. The van der Waals surface area contributed by atoms with Gasteiger partial charge in [0.2, 0.25) is 21.8 Å². The van der Waals surface area contributed by atoms with Crippen LogP contribution in [0.15, 0.2) is 47.4 Å². The first-order valence-corrected chi connectivity index (χ1v) is 11.5. The lowest BCUT2D eigenvalue weighted by Gasteiger charge is -2.26. The number of amides is 1. The summed E-state index contributed by atoms with van der Waals surface area (Å²) in [4.78, 5) is 16.3. The summed E-state index contributed by atoms with van der Waals surface area (Å²) in [6.45, 7) is 1.99. The van der Waals surface area contributed by atoms with Crippen molar-refractivity contribution in [2.24, 2.45) is 0 Å². The van der Waals surface area contributed by atoms with Gasteiger partial charge in [-0.05, 0) is 36.8 Å². The Bertz CT molecular complexity index is 1300. The largest absolute Gasteiger partial charge is 0.449 e. The monoisotopic (exact) mass is 482 g/mol. The van der Waals surface area contributed by atoms with E-state index in [2.05, 4.69) is 10.3 Å². The van der Waals surface area contributed by atoms with Crippen molar-refractivity contribution in [1.82, 2.24) is 13.9 Å². The highest BCUT2D eigenvalue weighted by Gasteiger charge is 2.38. The van der Waals surface area contributed by atoms with E-state index in [0.717, 1.165) is 4.57 Å². The van der Waals surface area contributed by atoms with Gasteiger partial charge in [-0.1, -0.05) is 18.2 Å². The number of hydrogen-bond donors (Lipinski definition) is 1. The second-order valence-electron chi connectivity index (χ2n) is 7.55. The molecule has 12 heteroatoms. The van der Waals surface area contributed by atoms with Crippen LogP contribution in [0.25, 0.3) is 11.0 Å². The van der Waals surface area contributed by atoms with Crippen LogP contribution in [0.3, 0.4) is 0 Å². The quantitative estimate of drug-likeness (QED) is 0.604. The molecule has 1 amide bonds. The van der Waals surface area contributed by atoms with Gasteiger partial charge >= 0.3 is 6.18 Å². The van der Waals surface area contributed by atoms with Gasteiger partial charge in [-0.15, -0.1) is 0 Å². The fraction of sp³-hybridized carbons (Fsp3) is 0.333. The van der Waals surface area contributed by atoms with Crippen LogP contribution >= 0.6 is 0 Å². The summed E-state index contributed by atoms with van der Waals surface area (Å²) < 4.78 is 73.8. The Morgan fingerprint density at radius 1 is 1.15 bits per heavy atom. The minimum absolute atomic E-state index is 0.0197. The molecule has 1 saturated heterocycles. The number of benzene rings is 2. The van der Waals surface area contributed by atoms with E-state index in [1.165, 1.54) is 34.6 Å². The topological polar surface area (TPSA) is 93.5 Å². The number of nitrogens with zero attached hydrogens (tertiary/aromatic N) is 3. The van der Waals surface area contributed by atoms with Crippen LogP contribution in [0.2, 0.25) is 0 Å². The Kier molecular flexibility index (Phi) is 6.16. The number of carbonyl (C=O) groups excluding carboxylic acids is 1. The zero-order valence-electron chi connectivity index (χ0n) is 17.6. The minimum Gasteiger partial charge on any atom is -0.379 e. The third kappa shape index (κ3) is 4.72. The molecule has 0 saturated carbocycles. The number of hydrogen-bond acceptors (Lipinski definition) is 5. The highest BCUT2D eigenvalue weighted by molar-refractivity contribution is 7.89. The zero-order valence-corrected chi connectivity index (χ0v) is 18.4. The average molecular weight is 482 g/mol. The van der Waals surface area contributed by atoms with Crippen molar-refractivity contribution in [3.63, 3.8) is 0 Å². The number of fused-ring (bicyclic) bond motifs is 1. The molecule has 4 rings (SSSR count). The van der Waals surface area contributed by atoms with E-state index in [4.69, 9.17) is 4.74 Å². The first-order chi connectivity index (χ1) is 15.6. The van der Waals surface area contributed by atoms with Crippen molar-refractivity contribution < 1.29 is 31.1 Å². The molecule has 33 heavy (non-hydrogen) atoms. The number of halogens is 3. The molecule has 0 atom stereocenters. The van der Waals surface area contributed by atoms with E-state index in [0.29, 0.717) is 5.56 Å². The number of morpholine rings is 1. The molecular formula is C21H21F3N4O4S. The number of sulfonamides is 1. The molecule has 1 aromatic heterocycles. The van der Waals surface area contributed by atoms with Crippen molar-refractivity contribution in [3.8, 4) is 0 Å². The smallest absolute Gasteiger partial charge is 0.379 e. The number of carbonyl (C=O) groups is 1. The molecule has 176 valence electrons. The lowest BCUT2D eigenvalue weighted by molar-refractivity contribution is -0.147. The van der Waals surface area contributed by atoms with Gasteiger partial charge in [-0.25, -0.2) is 13.4 Å². The van der Waals surface area contributed by atoms with Crippen molar-refractivity contribution in [2.75, 3.05) is 31.6 Å². The normalized spacial score (nSPS) is 15.6. The van der Waals surface area contributed by atoms with Crippen molar-refractivity contribution >= 4 is 32.7 Å². The van der Waals surface area contributed by atoms with E-state index in [-0.39, 0.29) is 47.9 Å². The molecule has 1 aliphatic heterocycles. The molecule has 0 bridgehead atoms. The van der Waals surface area contributed by atoms with Crippen LogP contribution in [0.5, 0.6) is 0 Å². The molecule has 0 unspecified atom stereocenters. The second kappa shape index (κ2) is 8.76.